The van der Waals surface area contributed by atoms with Crippen LogP contribution >= 0.6 is 0 Å². The van der Waals surface area contributed by atoms with Crippen LogP contribution in [-0.4, -0.2) is 72.5 Å². The largest absolute Gasteiger partial charge is 0.458 e. The van der Waals surface area contributed by atoms with Gasteiger partial charge in [-0.2, -0.15) is 0 Å². The smallest absolute Gasteiger partial charge is 0.331 e. The Labute approximate surface area is 226 Å². The predicted molar refractivity (Wildman–Crippen MR) is 139 cm³/mol. The Balaban J connectivity index is 1.23. The van der Waals surface area contributed by atoms with E-state index in [2.05, 4.69) is 13.8 Å². The average molecular weight is 535 g/mol. The summed E-state index contributed by atoms with van der Waals surface area (Å²) in [5.74, 6) is 0.553. The van der Waals surface area contributed by atoms with Crippen molar-refractivity contribution in [2.24, 2.45) is 28.6 Å². The predicted octanol–water partition coefficient (Wildman–Crippen LogP) is 3.71. The molecule has 3 aliphatic carbocycles. The average Bonchev–Trinajstić information content (AvgIpc) is 3.43. The molecule has 38 heavy (non-hydrogen) atoms. The monoisotopic (exact) mass is 534 g/mol. The fraction of sp³-hybridized carbons (Fsp3) is 0.867. The Kier molecular flexibility index (Phi) is 8.11. The van der Waals surface area contributed by atoms with E-state index in [4.69, 9.17) is 18.9 Å². The number of fused-ring (bicyclic) bond motifs is 1. The van der Waals surface area contributed by atoms with E-state index in [-0.39, 0.29) is 46.9 Å². The maximum absolute atomic E-state index is 13.3. The van der Waals surface area contributed by atoms with Gasteiger partial charge in [-0.3, -0.25) is 4.79 Å². The third kappa shape index (κ3) is 5.12. The first-order valence-corrected chi connectivity index (χ1v) is 14.6. The summed E-state index contributed by atoms with van der Waals surface area (Å²) in [6.45, 7) is 6.60. The summed E-state index contributed by atoms with van der Waals surface area (Å²) in [4.78, 5) is 25.1. The third-order valence-corrected chi connectivity index (χ3v) is 11.1. The van der Waals surface area contributed by atoms with E-state index >= 15 is 0 Å². The number of hydrogen-bond acceptors (Lipinski definition) is 8. The molecule has 11 unspecified atom stereocenters. The molecule has 8 heteroatoms. The van der Waals surface area contributed by atoms with E-state index in [0.717, 1.165) is 50.5 Å². The SMILES string of the molecule is COC1CC(OC2CCC3(C)C(CCC(=O)C3CCC3(C)C(O)CCC3C3=CC(=O)OC3)C2)OC(C)C1O. The van der Waals surface area contributed by atoms with Crippen LogP contribution in [0.15, 0.2) is 11.6 Å². The number of esters is 1. The van der Waals surface area contributed by atoms with E-state index in [9.17, 15) is 19.8 Å². The first-order chi connectivity index (χ1) is 18.0. The summed E-state index contributed by atoms with van der Waals surface area (Å²) in [6, 6.07) is 0. The minimum Gasteiger partial charge on any atom is -0.458 e. The first-order valence-electron chi connectivity index (χ1n) is 14.6. The second-order valence-corrected chi connectivity index (χ2v) is 13.1. The highest BCUT2D eigenvalue weighted by Crippen LogP contribution is 2.57. The highest BCUT2D eigenvalue weighted by molar-refractivity contribution is 5.85. The van der Waals surface area contributed by atoms with Gasteiger partial charge in [0.15, 0.2) is 6.29 Å². The molecule has 8 nitrogen and oxygen atoms in total. The Hall–Kier alpha value is -1.32. The van der Waals surface area contributed by atoms with Crippen LogP contribution in [0, 0.1) is 28.6 Å². The van der Waals surface area contributed by atoms with Crippen molar-refractivity contribution in [3.05, 3.63) is 11.6 Å². The highest BCUT2D eigenvalue weighted by atomic mass is 16.7. The van der Waals surface area contributed by atoms with Gasteiger partial charge in [0, 0.05) is 37.4 Å². The zero-order valence-corrected chi connectivity index (χ0v) is 23.4. The lowest BCUT2D eigenvalue weighted by Crippen LogP contribution is -2.52. The van der Waals surface area contributed by atoms with Crippen molar-refractivity contribution in [2.45, 2.75) is 122 Å². The zero-order valence-electron chi connectivity index (χ0n) is 23.4. The molecule has 0 aromatic rings. The van der Waals surface area contributed by atoms with Crippen LogP contribution in [-0.2, 0) is 28.5 Å². The molecule has 4 fully saturated rings. The summed E-state index contributed by atoms with van der Waals surface area (Å²) in [6.07, 6.45) is 7.34. The molecular weight excluding hydrogens is 488 g/mol. The lowest BCUT2D eigenvalue weighted by atomic mass is 9.53. The van der Waals surface area contributed by atoms with Crippen LogP contribution in [0.2, 0.25) is 0 Å². The highest BCUT2D eigenvalue weighted by Gasteiger charge is 2.53. The van der Waals surface area contributed by atoms with Gasteiger partial charge in [-0.1, -0.05) is 13.8 Å². The number of carbonyl (C=O) groups is 2. The van der Waals surface area contributed by atoms with Gasteiger partial charge in [0.25, 0.3) is 0 Å². The van der Waals surface area contributed by atoms with E-state index in [1.165, 1.54) is 0 Å². The number of ether oxygens (including phenoxy) is 4. The summed E-state index contributed by atoms with van der Waals surface area (Å²) in [5, 5.41) is 21.3. The summed E-state index contributed by atoms with van der Waals surface area (Å²) >= 11 is 0. The second kappa shape index (κ2) is 10.9. The molecule has 3 saturated carbocycles. The molecule has 0 amide bonds. The number of hydrogen-bond donors (Lipinski definition) is 2. The van der Waals surface area contributed by atoms with Crippen LogP contribution in [0.3, 0.4) is 0 Å². The summed E-state index contributed by atoms with van der Waals surface area (Å²) in [7, 11) is 1.61. The van der Waals surface area contributed by atoms with Crippen molar-refractivity contribution in [1.29, 1.82) is 0 Å². The van der Waals surface area contributed by atoms with Crippen molar-refractivity contribution in [1.82, 2.24) is 0 Å². The van der Waals surface area contributed by atoms with Gasteiger partial charge in [-0.15, -0.1) is 0 Å². The molecule has 0 aromatic carbocycles. The summed E-state index contributed by atoms with van der Waals surface area (Å²) in [5.41, 5.74) is 0.553. The van der Waals surface area contributed by atoms with Gasteiger partial charge >= 0.3 is 5.97 Å². The van der Waals surface area contributed by atoms with Crippen LogP contribution in [0.25, 0.3) is 0 Å². The lowest BCUT2D eigenvalue weighted by molar-refractivity contribution is -0.269. The molecule has 5 rings (SSSR count). The van der Waals surface area contributed by atoms with Crippen LogP contribution in [0.5, 0.6) is 0 Å². The Morgan fingerprint density at radius 2 is 1.89 bits per heavy atom. The Morgan fingerprint density at radius 3 is 2.61 bits per heavy atom. The molecular formula is C30H46O8. The number of aliphatic hydroxyl groups excluding tert-OH is 2. The van der Waals surface area contributed by atoms with E-state index in [1.54, 1.807) is 13.2 Å². The maximum atomic E-state index is 13.3. The molecule has 0 bridgehead atoms. The standard InChI is InChI=1S/C30H46O8/c1-17-28(34)24(35-4)15-27(37-17)38-20-9-11-29(2)19(14-20)5-7-23(31)22(29)10-12-30(3)21(6-8-25(30)32)18-13-26(33)36-16-18/h13,17,19-22,24-25,27-28,32,34H,5-12,14-16H2,1-4H3. The molecule has 214 valence electrons. The molecule has 0 spiro atoms. The van der Waals surface area contributed by atoms with Crippen LogP contribution in [0.1, 0.15) is 85.0 Å². The van der Waals surface area contributed by atoms with Gasteiger partial charge in [0.1, 0.15) is 18.5 Å². The Morgan fingerprint density at radius 1 is 1.11 bits per heavy atom. The third-order valence-electron chi connectivity index (χ3n) is 11.1. The van der Waals surface area contributed by atoms with Crippen LogP contribution in [0.4, 0.5) is 0 Å². The van der Waals surface area contributed by atoms with Gasteiger partial charge < -0.3 is 29.2 Å². The van der Waals surface area contributed by atoms with E-state index in [1.807, 2.05) is 6.92 Å². The van der Waals surface area contributed by atoms with Crippen LogP contribution < -0.4 is 0 Å². The molecule has 2 aliphatic heterocycles. The lowest BCUT2D eigenvalue weighted by Gasteiger charge is -2.52. The van der Waals surface area contributed by atoms with Crippen molar-refractivity contribution in [3.8, 4) is 0 Å². The molecule has 1 saturated heterocycles. The molecule has 5 aliphatic rings. The number of cyclic esters (lactones) is 1. The van der Waals surface area contributed by atoms with Gasteiger partial charge in [-0.25, -0.2) is 4.79 Å². The van der Waals surface area contributed by atoms with Crippen molar-refractivity contribution >= 4 is 11.8 Å². The summed E-state index contributed by atoms with van der Waals surface area (Å²) < 4.78 is 23.0. The number of methoxy groups -OCH3 is 1. The van der Waals surface area contributed by atoms with Crippen molar-refractivity contribution in [3.63, 3.8) is 0 Å². The molecule has 0 radical (unpaired) electrons. The number of Topliss-reactive ketones (excluding diaryl/α,β-unsaturated/α-hetero) is 1. The molecule has 11 atom stereocenters. The second-order valence-electron chi connectivity index (χ2n) is 13.1. The van der Waals surface area contributed by atoms with E-state index in [0.29, 0.717) is 37.6 Å². The van der Waals surface area contributed by atoms with Crippen molar-refractivity contribution < 1.29 is 38.7 Å². The first kappa shape index (κ1) is 28.2. The fourth-order valence-corrected chi connectivity index (χ4v) is 8.52. The molecule has 0 aromatic heterocycles. The molecule has 2 heterocycles. The molecule has 2 N–H and O–H groups in total. The number of carbonyl (C=O) groups excluding carboxylic acids is 2. The van der Waals surface area contributed by atoms with Gasteiger partial charge in [0.2, 0.25) is 0 Å². The maximum Gasteiger partial charge on any atom is 0.331 e. The topological polar surface area (TPSA) is 112 Å². The van der Waals surface area contributed by atoms with Gasteiger partial charge in [0.05, 0.1) is 24.4 Å². The minimum absolute atomic E-state index is 0.0260. The quantitative estimate of drug-likeness (QED) is 0.376. The Bertz CT molecular complexity index is 933. The minimum atomic E-state index is -0.655. The number of ketones is 1. The fourth-order valence-electron chi connectivity index (χ4n) is 8.52. The number of aliphatic hydroxyl groups is 2. The van der Waals surface area contributed by atoms with Gasteiger partial charge in [-0.05, 0) is 81.1 Å². The number of rotatable bonds is 7. The van der Waals surface area contributed by atoms with E-state index < -0.39 is 18.5 Å². The zero-order chi connectivity index (χ0) is 27.2. The van der Waals surface area contributed by atoms with Crippen molar-refractivity contribution in [2.75, 3.05) is 13.7 Å². The normalized spacial score (nSPS) is 47.5.